The molecule has 0 spiro atoms. The maximum absolute atomic E-state index is 12.8. The lowest BCUT2D eigenvalue weighted by atomic mass is 10.3. The van der Waals surface area contributed by atoms with E-state index in [4.69, 9.17) is 13.9 Å². The predicted octanol–water partition coefficient (Wildman–Crippen LogP) is 2.80. The van der Waals surface area contributed by atoms with Gasteiger partial charge >= 0.3 is 0 Å². The summed E-state index contributed by atoms with van der Waals surface area (Å²) < 4.78 is 43.9. The predicted molar refractivity (Wildman–Crippen MR) is 91.4 cm³/mol. The Kier molecular flexibility index (Phi) is 4.41. The Hall–Kier alpha value is -2.94. The molecule has 0 aliphatic carbocycles. The molecule has 0 saturated heterocycles. The van der Waals surface area contributed by atoms with Crippen molar-refractivity contribution in [1.82, 2.24) is 10.2 Å². The van der Waals surface area contributed by atoms with Crippen molar-refractivity contribution in [2.75, 3.05) is 18.9 Å². The Labute approximate surface area is 144 Å². The third-order valence-electron chi connectivity index (χ3n) is 3.58. The molecule has 0 saturated carbocycles. The largest absolute Gasteiger partial charge is 0.497 e. The van der Waals surface area contributed by atoms with Gasteiger partial charge in [-0.15, -0.1) is 0 Å². The van der Waals surface area contributed by atoms with E-state index in [0.29, 0.717) is 23.0 Å². The lowest BCUT2D eigenvalue weighted by Gasteiger charge is -2.12. The molecule has 2 N–H and O–H groups in total. The summed E-state index contributed by atoms with van der Waals surface area (Å²) >= 11 is 0. The standard InChI is InChI=1S/C16H17N3O5S/c1-10-16(9-15(24-10)12-6-7-17-18-12)25(20,21)19-13-8-11(22-2)4-5-14(13)23-3/h4-9,19H,1-3H3,(H,17,18). The number of hydrogen-bond donors (Lipinski definition) is 2. The zero-order chi connectivity index (χ0) is 18.0. The molecule has 8 nitrogen and oxygen atoms in total. The molecule has 0 bridgehead atoms. The number of aromatic amines is 1. The average molecular weight is 363 g/mol. The minimum atomic E-state index is -3.89. The molecule has 0 aliphatic rings. The minimum Gasteiger partial charge on any atom is -0.497 e. The summed E-state index contributed by atoms with van der Waals surface area (Å²) in [5.41, 5.74) is 0.856. The van der Waals surface area contributed by atoms with Gasteiger partial charge in [-0.25, -0.2) is 8.42 Å². The van der Waals surface area contributed by atoms with E-state index < -0.39 is 10.0 Å². The van der Waals surface area contributed by atoms with Crippen molar-refractivity contribution in [2.45, 2.75) is 11.8 Å². The highest BCUT2D eigenvalue weighted by molar-refractivity contribution is 7.92. The van der Waals surface area contributed by atoms with Crippen molar-refractivity contribution in [3.63, 3.8) is 0 Å². The first-order valence-corrected chi connectivity index (χ1v) is 8.78. The van der Waals surface area contributed by atoms with Crippen LogP contribution in [0.4, 0.5) is 5.69 Å². The second-order valence-corrected chi connectivity index (χ2v) is 6.82. The fourth-order valence-electron chi connectivity index (χ4n) is 2.35. The molecule has 1 aromatic carbocycles. The van der Waals surface area contributed by atoms with Crippen molar-refractivity contribution < 1.29 is 22.3 Å². The molecule has 2 aromatic heterocycles. The fraction of sp³-hybridized carbons (Fsp3) is 0.188. The van der Waals surface area contributed by atoms with E-state index in [2.05, 4.69) is 14.9 Å². The Balaban J connectivity index is 1.98. The number of benzene rings is 1. The highest BCUT2D eigenvalue weighted by atomic mass is 32.2. The summed E-state index contributed by atoms with van der Waals surface area (Å²) in [6.45, 7) is 1.58. The molecule has 0 fully saturated rings. The van der Waals surface area contributed by atoms with Crippen LogP contribution in [0.2, 0.25) is 0 Å². The highest BCUT2D eigenvalue weighted by Gasteiger charge is 2.24. The normalized spacial score (nSPS) is 11.3. The van der Waals surface area contributed by atoms with Gasteiger partial charge < -0.3 is 13.9 Å². The van der Waals surface area contributed by atoms with Crippen LogP contribution in [0.3, 0.4) is 0 Å². The molecule has 3 aromatic rings. The van der Waals surface area contributed by atoms with Gasteiger partial charge in [-0.2, -0.15) is 5.10 Å². The molecule has 132 valence electrons. The van der Waals surface area contributed by atoms with Crippen LogP contribution in [-0.4, -0.2) is 32.8 Å². The van der Waals surface area contributed by atoms with E-state index in [-0.39, 0.29) is 16.3 Å². The first-order chi connectivity index (χ1) is 11.9. The molecule has 9 heteroatoms. The van der Waals surface area contributed by atoms with Crippen molar-refractivity contribution >= 4 is 15.7 Å². The van der Waals surface area contributed by atoms with Crippen molar-refractivity contribution in [1.29, 1.82) is 0 Å². The van der Waals surface area contributed by atoms with Gasteiger partial charge in [0, 0.05) is 18.3 Å². The number of sulfonamides is 1. The van der Waals surface area contributed by atoms with Crippen LogP contribution >= 0.6 is 0 Å². The van der Waals surface area contributed by atoms with Crippen molar-refractivity contribution in [2.24, 2.45) is 0 Å². The van der Waals surface area contributed by atoms with Crippen LogP contribution in [0.25, 0.3) is 11.5 Å². The molecule has 0 unspecified atom stereocenters. The Bertz CT molecular complexity index is 977. The first kappa shape index (κ1) is 16.9. The number of nitrogens with one attached hydrogen (secondary N) is 2. The second-order valence-electron chi connectivity index (χ2n) is 5.17. The van der Waals surface area contributed by atoms with Gasteiger partial charge in [0.05, 0.1) is 19.9 Å². The van der Waals surface area contributed by atoms with Crippen LogP contribution in [-0.2, 0) is 10.0 Å². The fourth-order valence-corrected chi connectivity index (χ4v) is 3.59. The van der Waals surface area contributed by atoms with Crippen LogP contribution in [0, 0.1) is 6.92 Å². The summed E-state index contributed by atoms with van der Waals surface area (Å²) in [6.07, 6.45) is 1.56. The van der Waals surface area contributed by atoms with Crippen LogP contribution in [0.5, 0.6) is 11.5 Å². The number of rotatable bonds is 6. The number of methoxy groups -OCH3 is 2. The van der Waals surface area contributed by atoms with E-state index >= 15 is 0 Å². The summed E-state index contributed by atoms with van der Waals surface area (Å²) in [5.74, 6) is 1.52. The molecule has 25 heavy (non-hydrogen) atoms. The van der Waals surface area contributed by atoms with Crippen LogP contribution in [0.1, 0.15) is 5.76 Å². The topological polar surface area (TPSA) is 106 Å². The van der Waals surface area contributed by atoms with Gasteiger partial charge in [-0.05, 0) is 25.1 Å². The molecule has 3 rings (SSSR count). The number of aryl methyl sites for hydroxylation is 1. The van der Waals surface area contributed by atoms with Gasteiger partial charge in [-0.1, -0.05) is 0 Å². The SMILES string of the molecule is COc1ccc(OC)c(NS(=O)(=O)c2cc(-c3ccn[nH]3)oc2C)c1. The summed E-state index contributed by atoms with van der Waals surface area (Å²) in [6, 6.07) is 7.97. The lowest BCUT2D eigenvalue weighted by molar-refractivity contribution is 0.405. The zero-order valence-electron chi connectivity index (χ0n) is 13.9. The van der Waals surface area contributed by atoms with Gasteiger partial charge in [0.15, 0.2) is 5.76 Å². The van der Waals surface area contributed by atoms with Crippen molar-refractivity contribution in [3.05, 3.63) is 42.3 Å². The maximum Gasteiger partial charge on any atom is 0.265 e. The summed E-state index contributed by atoms with van der Waals surface area (Å²) in [4.78, 5) is 0.0296. The maximum atomic E-state index is 12.8. The number of H-pyrrole nitrogens is 1. The number of furan rings is 1. The zero-order valence-corrected chi connectivity index (χ0v) is 14.7. The molecule has 0 aliphatic heterocycles. The van der Waals surface area contributed by atoms with Gasteiger partial charge in [0.25, 0.3) is 10.0 Å². The van der Waals surface area contributed by atoms with Crippen LogP contribution < -0.4 is 14.2 Å². The summed E-state index contributed by atoms with van der Waals surface area (Å²) in [7, 11) is -0.931. The van der Waals surface area contributed by atoms with E-state index in [9.17, 15) is 8.42 Å². The molecule has 0 atom stereocenters. The van der Waals surface area contributed by atoms with Gasteiger partial charge in [0.1, 0.15) is 27.8 Å². The number of ether oxygens (including phenoxy) is 2. The Morgan fingerprint density at radius 1 is 1.16 bits per heavy atom. The van der Waals surface area contributed by atoms with E-state index in [1.54, 1.807) is 37.4 Å². The minimum absolute atomic E-state index is 0.0296. The molecule has 0 amide bonds. The Morgan fingerprint density at radius 3 is 2.60 bits per heavy atom. The van der Waals surface area contributed by atoms with Gasteiger partial charge in [-0.3, -0.25) is 9.82 Å². The van der Waals surface area contributed by atoms with E-state index in [1.807, 2.05) is 0 Å². The van der Waals surface area contributed by atoms with Gasteiger partial charge in [0.2, 0.25) is 0 Å². The monoisotopic (exact) mass is 363 g/mol. The molecule has 2 heterocycles. The second kappa shape index (κ2) is 6.52. The summed E-state index contributed by atoms with van der Waals surface area (Å²) in [5, 5.41) is 6.56. The number of anilines is 1. The third-order valence-corrected chi connectivity index (χ3v) is 5.05. The van der Waals surface area contributed by atoms with Crippen molar-refractivity contribution in [3.8, 4) is 23.0 Å². The smallest absolute Gasteiger partial charge is 0.265 e. The first-order valence-electron chi connectivity index (χ1n) is 7.29. The molecular weight excluding hydrogens is 346 g/mol. The third kappa shape index (κ3) is 3.31. The quantitative estimate of drug-likeness (QED) is 0.697. The number of aromatic nitrogens is 2. The highest BCUT2D eigenvalue weighted by Crippen LogP contribution is 2.33. The Morgan fingerprint density at radius 2 is 1.96 bits per heavy atom. The van der Waals surface area contributed by atoms with E-state index in [0.717, 1.165) is 0 Å². The molecular formula is C16H17N3O5S. The number of hydrogen-bond acceptors (Lipinski definition) is 6. The lowest BCUT2D eigenvalue weighted by Crippen LogP contribution is -2.14. The van der Waals surface area contributed by atoms with Crippen LogP contribution in [0.15, 0.2) is 45.8 Å². The molecule has 0 radical (unpaired) electrons. The number of nitrogens with zero attached hydrogens (tertiary/aromatic N) is 1. The average Bonchev–Trinajstić information content (AvgIpc) is 3.23. The van der Waals surface area contributed by atoms with E-state index in [1.165, 1.54) is 20.3 Å².